The molecule has 0 amide bonds. The smallest absolute Gasteiger partial charge is 0.356 e. The first kappa shape index (κ1) is 15.1. The molecule has 0 atom stereocenters. The third kappa shape index (κ3) is 2.77. The lowest BCUT2D eigenvalue weighted by molar-refractivity contribution is 0.0689. The van der Waals surface area contributed by atoms with Crippen LogP contribution in [0.5, 0.6) is 5.75 Å². The molecule has 2 aromatic rings. The molecule has 112 valence electrons. The number of aromatic nitrogens is 2. The van der Waals surface area contributed by atoms with Crippen molar-refractivity contribution in [1.82, 2.24) is 9.78 Å². The second kappa shape index (κ2) is 5.24. The van der Waals surface area contributed by atoms with E-state index in [2.05, 4.69) is 25.9 Å². The highest BCUT2D eigenvalue weighted by Crippen LogP contribution is 2.35. The Balaban J connectivity index is 2.58. The molecule has 2 N–H and O–H groups in total. The van der Waals surface area contributed by atoms with Crippen LogP contribution in [-0.4, -0.2) is 26.0 Å². The maximum absolute atomic E-state index is 11.0. The lowest BCUT2D eigenvalue weighted by Gasteiger charge is -2.24. The van der Waals surface area contributed by atoms with Gasteiger partial charge in [-0.3, -0.25) is 4.68 Å². The summed E-state index contributed by atoms with van der Waals surface area (Å²) in [6, 6.07) is 6.92. The van der Waals surface area contributed by atoms with Crippen molar-refractivity contribution in [3.05, 3.63) is 35.5 Å². The maximum atomic E-state index is 11.0. The standard InChI is InChI=1S/C16H20N2O3/c1-5-16(2,3)10-6-7-14(19)11(8-10)13-9-12(15(20)21)17-18(13)4/h6-9,19H,5H2,1-4H3,(H,20,21). The van der Waals surface area contributed by atoms with E-state index in [-0.39, 0.29) is 16.9 Å². The molecule has 0 unspecified atom stereocenters. The van der Waals surface area contributed by atoms with Gasteiger partial charge in [0.1, 0.15) is 5.75 Å². The minimum atomic E-state index is -1.08. The molecule has 21 heavy (non-hydrogen) atoms. The summed E-state index contributed by atoms with van der Waals surface area (Å²) in [5, 5.41) is 23.1. The predicted octanol–water partition coefficient (Wildman–Crippen LogP) is 3.18. The molecule has 0 radical (unpaired) electrons. The lowest BCUT2D eigenvalue weighted by Crippen LogP contribution is -2.15. The number of benzene rings is 1. The monoisotopic (exact) mass is 288 g/mol. The molecule has 1 aromatic heterocycles. The van der Waals surface area contributed by atoms with Crippen LogP contribution in [0.25, 0.3) is 11.3 Å². The number of aryl methyl sites for hydroxylation is 1. The number of phenols is 1. The van der Waals surface area contributed by atoms with Crippen LogP contribution in [-0.2, 0) is 12.5 Å². The molecule has 0 fully saturated rings. The van der Waals surface area contributed by atoms with E-state index in [1.54, 1.807) is 13.1 Å². The van der Waals surface area contributed by atoms with Crippen molar-refractivity contribution in [2.75, 3.05) is 0 Å². The van der Waals surface area contributed by atoms with E-state index >= 15 is 0 Å². The highest BCUT2D eigenvalue weighted by Gasteiger charge is 2.21. The molecule has 0 aliphatic carbocycles. The summed E-state index contributed by atoms with van der Waals surface area (Å²) >= 11 is 0. The summed E-state index contributed by atoms with van der Waals surface area (Å²) in [7, 11) is 1.67. The average Bonchev–Trinajstić information content (AvgIpc) is 2.81. The first-order valence-corrected chi connectivity index (χ1v) is 6.87. The Morgan fingerprint density at radius 3 is 2.52 bits per heavy atom. The number of carboxylic acid groups (broad SMARTS) is 1. The number of carboxylic acids is 1. The molecule has 1 heterocycles. The Labute approximate surface area is 123 Å². The van der Waals surface area contributed by atoms with Crippen LogP contribution in [0.3, 0.4) is 0 Å². The van der Waals surface area contributed by atoms with Gasteiger partial charge in [0.05, 0.1) is 5.69 Å². The van der Waals surface area contributed by atoms with Crippen LogP contribution in [0.4, 0.5) is 0 Å². The van der Waals surface area contributed by atoms with E-state index in [1.165, 1.54) is 10.7 Å². The summed E-state index contributed by atoms with van der Waals surface area (Å²) in [5.41, 5.74) is 2.22. The fourth-order valence-electron chi connectivity index (χ4n) is 2.19. The minimum Gasteiger partial charge on any atom is -0.507 e. The zero-order chi connectivity index (χ0) is 15.8. The predicted molar refractivity (Wildman–Crippen MR) is 80.6 cm³/mol. The molecule has 0 aliphatic rings. The molecule has 0 saturated carbocycles. The van der Waals surface area contributed by atoms with Gasteiger partial charge in [0, 0.05) is 12.6 Å². The van der Waals surface area contributed by atoms with Crippen LogP contribution >= 0.6 is 0 Å². The highest BCUT2D eigenvalue weighted by atomic mass is 16.4. The molecule has 0 aliphatic heterocycles. The van der Waals surface area contributed by atoms with E-state index in [0.717, 1.165) is 12.0 Å². The Morgan fingerprint density at radius 2 is 2.00 bits per heavy atom. The normalized spacial score (nSPS) is 11.6. The number of aromatic carboxylic acids is 1. The van der Waals surface area contributed by atoms with E-state index in [9.17, 15) is 9.90 Å². The Bertz CT molecular complexity index is 687. The van der Waals surface area contributed by atoms with Gasteiger partial charge in [-0.1, -0.05) is 26.8 Å². The van der Waals surface area contributed by atoms with Crippen molar-refractivity contribution < 1.29 is 15.0 Å². The second-order valence-electron chi connectivity index (χ2n) is 5.81. The van der Waals surface area contributed by atoms with Crippen LogP contribution < -0.4 is 0 Å². The Morgan fingerprint density at radius 1 is 1.33 bits per heavy atom. The zero-order valence-corrected chi connectivity index (χ0v) is 12.7. The van der Waals surface area contributed by atoms with Crippen molar-refractivity contribution >= 4 is 5.97 Å². The zero-order valence-electron chi connectivity index (χ0n) is 12.7. The summed E-state index contributed by atoms with van der Waals surface area (Å²) in [4.78, 5) is 11.0. The quantitative estimate of drug-likeness (QED) is 0.906. The van der Waals surface area contributed by atoms with Gasteiger partial charge in [-0.15, -0.1) is 0 Å². The van der Waals surface area contributed by atoms with Crippen LogP contribution in [0.1, 0.15) is 43.2 Å². The van der Waals surface area contributed by atoms with Crippen molar-refractivity contribution in [2.45, 2.75) is 32.6 Å². The van der Waals surface area contributed by atoms with Gasteiger partial charge < -0.3 is 10.2 Å². The van der Waals surface area contributed by atoms with Crippen molar-refractivity contribution in [2.24, 2.45) is 7.05 Å². The number of hydrogen-bond acceptors (Lipinski definition) is 3. The average molecular weight is 288 g/mol. The fraction of sp³-hybridized carbons (Fsp3) is 0.375. The first-order valence-electron chi connectivity index (χ1n) is 6.87. The van der Waals surface area contributed by atoms with Gasteiger partial charge in [-0.05, 0) is 35.6 Å². The number of aromatic hydroxyl groups is 1. The SMILES string of the molecule is CCC(C)(C)c1ccc(O)c(-c2cc(C(=O)O)nn2C)c1. The largest absolute Gasteiger partial charge is 0.507 e. The number of phenolic OH excluding ortho intramolecular Hbond substituents is 1. The van der Waals surface area contributed by atoms with E-state index in [4.69, 9.17) is 5.11 Å². The summed E-state index contributed by atoms with van der Waals surface area (Å²) in [6.07, 6.45) is 0.961. The Kier molecular flexibility index (Phi) is 3.77. The molecule has 0 bridgehead atoms. The van der Waals surface area contributed by atoms with Gasteiger partial charge in [0.15, 0.2) is 5.69 Å². The summed E-state index contributed by atoms with van der Waals surface area (Å²) in [5.74, 6) is -0.966. The summed E-state index contributed by atoms with van der Waals surface area (Å²) in [6.45, 7) is 6.38. The third-order valence-corrected chi connectivity index (χ3v) is 4.04. The van der Waals surface area contributed by atoms with Crippen LogP contribution in [0.2, 0.25) is 0 Å². The van der Waals surface area contributed by atoms with E-state index in [1.807, 2.05) is 12.1 Å². The minimum absolute atomic E-state index is 0.0172. The van der Waals surface area contributed by atoms with E-state index < -0.39 is 5.97 Å². The topological polar surface area (TPSA) is 75.3 Å². The van der Waals surface area contributed by atoms with Crippen LogP contribution in [0, 0.1) is 0 Å². The highest BCUT2D eigenvalue weighted by molar-refractivity contribution is 5.87. The molecular weight excluding hydrogens is 268 g/mol. The fourth-order valence-corrected chi connectivity index (χ4v) is 2.19. The molecule has 0 saturated heterocycles. The number of carbonyl (C=O) groups is 1. The molecule has 2 rings (SSSR count). The van der Waals surface area contributed by atoms with Gasteiger partial charge >= 0.3 is 5.97 Å². The van der Waals surface area contributed by atoms with Crippen molar-refractivity contribution in [3.8, 4) is 17.0 Å². The maximum Gasteiger partial charge on any atom is 0.356 e. The van der Waals surface area contributed by atoms with Gasteiger partial charge in [-0.2, -0.15) is 5.10 Å². The number of hydrogen-bond donors (Lipinski definition) is 2. The molecule has 1 aromatic carbocycles. The number of nitrogens with zero attached hydrogens (tertiary/aromatic N) is 2. The molecule has 5 heteroatoms. The third-order valence-electron chi connectivity index (χ3n) is 4.04. The van der Waals surface area contributed by atoms with E-state index in [0.29, 0.717) is 11.3 Å². The first-order chi connectivity index (χ1) is 9.76. The lowest BCUT2D eigenvalue weighted by atomic mass is 9.81. The van der Waals surface area contributed by atoms with Crippen LogP contribution in [0.15, 0.2) is 24.3 Å². The summed E-state index contributed by atoms with van der Waals surface area (Å²) < 4.78 is 1.47. The van der Waals surface area contributed by atoms with Crippen molar-refractivity contribution in [3.63, 3.8) is 0 Å². The number of rotatable bonds is 4. The van der Waals surface area contributed by atoms with Gasteiger partial charge in [0.25, 0.3) is 0 Å². The molecule has 5 nitrogen and oxygen atoms in total. The molecule has 0 spiro atoms. The van der Waals surface area contributed by atoms with Gasteiger partial charge in [-0.25, -0.2) is 4.79 Å². The Hall–Kier alpha value is -2.30. The molecular formula is C16H20N2O3. The van der Waals surface area contributed by atoms with Crippen molar-refractivity contribution in [1.29, 1.82) is 0 Å². The second-order valence-corrected chi connectivity index (χ2v) is 5.81. The van der Waals surface area contributed by atoms with Gasteiger partial charge in [0.2, 0.25) is 0 Å².